The maximum Gasteiger partial charge on any atom is 0.143 e. The van der Waals surface area contributed by atoms with Crippen molar-refractivity contribution < 1.29 is 4.39 Å². The van der Waals surface area contributed by atoms with Crippen LogP contribution in [0, 0.1) is 5.82 Å². The highest BCUT2D eigenvalue weighted by Crippen LogP contribution is 2.30. The van der Waals surface area contributed by atoms with Crippen molar-refractivity contribution in [3.05, 3.63) is 59.5 Å². The van der Waals surface area contributed by atoms with E-state index in [-0.39, 0.29) is 5.02 Å². The number of hydrogen-bond donors (Lipinski definition) is 2. The second kappa shape index (κ2) is 4.98. The first kappa shape index (κ1) is 12.7. The maximum absolute atomic E-state index is 13.4. The summed E-state index contributed by atoms with van der Waals surface area (Å²) in [7, 11) is 0. The lowest BCUT2D eigenvalue weighted by Crippen LogP contribution is -1.98. The Morgan fingerprint density at radius 1 is 1.15 bits per heavy atom. The van der Waals surface area contributed by atoms with Crippen LogP contribution in [-0.4, -0.2) is 4.98 Å². The molecule has 1 aromatic heterocycles. The molecule has 2 aromatic carbocycles. The standard InChI is InChI=1S/C15H11ClFN3/c16-11-4-3-9(8-12(11)17)20-14-6-5-13-10(15(14)18)2-1-7-19-13/h1-8,20H,18H2. The van der Waals surface area contributed by atoms with Gasteiger partial charge in [0.15, 0.2) is 0 Å². The van der Waals surface area contributed by atoms with E-state index in [1.54, 1.807) is 12.3 Å². The van der Waals surface area contributed by atoms with E-state index in [0.717, 1.165) is 10.9 Å². The molecule has 0 aliphatic heterocycles. The lowest BCUT2D eigenvalue weighted by atomic mass is 10.1. The molecule has 5 heteroatoms. The summed E-state index contributed by atoms with van der Waals surface area (Å²) in [4.78, 5) is 4.23. The largest absolute Gasteiger partial charge is 0.396 e. The van der Waals surface area contributed by atoms with Gasteiger partial charge in [0.1, 0.15) is 5.82 Å². The third-order valence-corrected chi connectivity index (χ3v) is 3.33. The average molecular weight is 288 g/mol. The van der Waals surface area contributed by atoms with E-state index in [0.29, 0.717) is 17.1 Å². The molecule has 0 unspecified atom stereocenters. The normalized spacial score (nSPS) is 10.7. The fourth-order valence-corrected chi connectivity index (χ4v) is 2.13. The van der Waals surface area contributed by atoms with Gasteiger partial charge in [-0.05, 0) is 42.5 Å². The van der Waals surface area contributed by atoms with E-state index in [2.05, 4.69) is 10.3 Å². The Morgan fingerprint density at radius 3 is 2.80 bits per heavy atom. The molecule has 3 nitrogen and oxygen atoms in total. The first-order valence-electron chi connectivity index (χ1n) is 6.00. The number of hydrogen-bond acceptors (Lipinski definition) is 3. The fourth-order valence-electron chi connectivity index (χ4n) is 2.01. The van der Waals surface area contributed by atoms with Gasteiger partial charge in [-0.15, -0.1) is 0 Å². The molecule has 0 spiro atoms. The number of halogens is 2. The third kappa shape index (κ3) is 2.26. The van der Waals surface area contributed by atoms with Crippen LogP contribution in [0.15, 0.2) is 48.7 Å². The Morgan fingerprint density at radius 2 is 2.00 bits per heavy atom. The van der Waals surface area contributed by atoms with E-state index in [4.69, 9.17) is 17.3 Å². The van der Waals surface area contributed by atoms with E-state index in [1.807, 2.05) is 24.3 Å². The zero-order chi connectivity index (χ0) is 14.1. The van der Waals surface area contributed by atoms with Gasteiger partial charge >= 0.3 is 0 Å². The number of rotatable bonds is 2. The quantitative estimate of drug-likeness (QED) is 0.689. The topological polar surface area (TPSA) is 50.9 Å². The Hall–Kier alpha value is -2.33. The summed E-state index contributed by atoms with van der Waals surface area (Å²) in [5, 5.41) is 4.02. The second-order valence-electron chi connectivity index (χ2n) is 4.35. The highest BCUT2D eigenvalue weighted by Gasteiger charge is 2.06. The molecule has 0 saturated heterocycles. The molecule has 0 radical (unpaired) electrons. The van der Waals surface area contributed by atoms with Crippen LogP contribution in [0.5, 0.6) is 0 Å². The Bertz CT molecular complexity index is 789. The van der Waals surface area contributed by atoms with Crippen LogP contribution in [-0.2, 0) is 0 Å². The molecule has 1 heterocycles. The molecule has 0 fully saturated rings. The summed E-state index contributed by atoms with van der Waals surface area (Å²) < 4.78 is 13.4. The number of aromatic nitrogens is 1. The number of pyridine rings is 1. The van der Waals surface area contributed by atoms with E-state index >= 15 is 0 Å². The molecule has 20 heavy (non-hydrogen) atoms. The minimum atomic E-state index is -0.474. The van der Waals surface area contributed by atoms with Crippen LogP contribution in [0.2, 0.25) is 5.02 Å². The molecule has 3 rings (SSSR count). The molecule has 3 aromatic rings. The lowest BCUT2D eigenvalue weighted by molar-refractivity contribution is 0.629. The van der Waals surface area contributed by atoms with Crippen molar-refractivity contribution in [1.29, 1.82) is 0 Å². The monoisotopic (exact) mass is 287 g/mol. The van der Waals surface area contributed by atoms with Gasteiger partial charge < -0.3 is 11.1 Å². The van der Waals surface area contributed by atoms with Crippen molar-refractivity contribution in [2.75, 3.05) is 11.1 Å². The number of nitrogens with one attached hydrogen (secondary N) is 1. The molecule has 0 aliphatic rings. The van der Waals surface area contributed by atoms with Crippen molar-refractivity contribution >= 4 is 39.6 Å². The minimum absolute atomic E-state index is 0.0891. The van der Waals surface area contributed by atoms with E-state index < -0.39 is 5.82 Å². The van der Waals surface area contributed by atoms with Crippen molar-refractivity contribution in [2.24, 2.45) is 0 Å². The van der Waals surface area contributed by atoms with Gasteiger partial charge in [-0.25, -0.2) is 4.39 Å². The van der Waals surface area contributed by atoms with Gasteiger partial charge in [0.05, 0.1) is 21.9 Å². The van der Waals surface area contributed by atoms with E-state index in [1.165, 1.54) is 12.1 Å². The molecular weight excluding hydrogens is 277 g/mol. The summed E-state index contributed by atoms with van der Waals surface area (Å²) in [5.74, 6) is -0.474. The predicted octanol–water partition coefficient (Wildman–Crippen LogP) is 4.35. The van der Waals surface area contributed by atoms with Crippen LogP contribution in [0.3, 0.4) is 0 Å². The van der Waals surface area contributed by atoms with Gasteiger partial charge in [0.2, 0.25) is 0 Å². The van der Waals surface area contributed by atoms with Crippen LogP contribution < -0.4 is 11.1 Å². The van der Waals surface area contributed by atoms with E-state index in [9.17, 15) is 4.39 Å². The number of nitrogen functional groups attached to an aromatic ring is 1. The fraction of sp³-hybridized carbons (Fsp3) is 0. The van der Waals surface area contributed by atoms with Gasteiger partial charge in [-0.2, -0.15) is 0 Å². The van der Waals surface area contributed by atoms with Crippen molar-refractivity contribution in [3.8, 4) is 0 Å². The minimum Gasteiger partial charge on any atom is -0.396 e. The summed E-state index contributed by atoms with van der Waals surface area (Å²) in [6.07, 6.45) is 1.71. The number of nitrogens with two attached hydrogens (primary N) is 1. The predicted molar refractivity (Wildman–Crippen MR) is 80.8 cm³/mol. The van der Waals surface area contributed by atoms with Crippen LogP contribution in [0.25, 0.3) is 10.9 Å². The van der Waals surface area contributed by atoms with Crippen molar-refractivity contribution in [3.63, 3.8) is 0 Å². The Balaban J connectivity index is 2.02. The third-order valence-electron chi connectivity index (χ3n) is 3.03. The smallest absolute Gasteiger partial charge is 0.143 e. The highest BCUT2D eigenvalue weighted by atomic mass is 35.5. The second-order valence-corrected chi connectivity index (χ2v) is 4.76. The first-order valence-corrected chi connectivity index (χ1v) is 6.38. The maximum atomic E-state index is 13.4. The summed E-state index contributed by atoms with van der Waals surface area (Å²) >= 11 is 5.66. The Labute approximate surface area is 120 Å². The zero-order valence-corrected chi connectivity index (χ0v) is 11.2. The summed E-state index contributed by atoms with van der Waals surface area (Å²) in [6, 6.07) is 11.9. The summed E-state index contributed by atoms with van der Waals surface area (Å²) in [6.45, 7) is 0. The lowest BCUT2D eigenvalue weighted by Gasteiger charge is -2.11. The SMILES string of the molecule is Nc1c(Nc2ccc(Cl)c(F)c2)ccc2ncccc12. The number of benzene rings is 2. The zero-order valence-electron chi connectivity index (χ0n) is 10.4. The van der Waals surface area contributed by atoms with Gasteiger partial charge in [-0.1, -0.05) is 11.6 Å². The Kier molecular flexibility index (Phi) is 3.16. The van der Waals surface area contributed by atoms with Crippen LogP contribution >= 0.6 is 11.6 Å². The molecular formula is C15H11ClFN3. The molecule has 0 saturated carbocycles. The number of anilines is 3. The molecule has 0 amide bonds. The van der Waals surface area contributed by atoms with Gasteiger partial charge in [0, 0.05) is 17.3 Å². The van der Waals surface area contributed by atoms with Crippen molar-refractivity contribution in [2.45, 2.75) is 0 Å². The molecule has 0 bridgehead atoms. The highest BCUT2D eigenvalue weighted by molar-refractivity contribution is 6.30. The number of fused-ring (bicyclic) bond motifs is 1. The summed E-state index contributed by atoms with van der Waals surface area (Å²) in [5.41, 5.74) is 8.79. The molecule has 0 aliphatic carbocycles. The van der Waals surface area contributed by atoms with Crippen LogP contribution in [0.1, 0.15) is 0 Å². The molecule has 0 atom stereocenters. The average Bonchev–Trinajstić information content (AvgIpc) is 2.46. The van der Waals surface area contributed by atoms with Crippen LogP contribution in [0.4, 0.5) is 21.5 Å². The van der Waals surface area contributed by atoms with Gasteiger partial charge in [0.25, 0.3) is 0 Å². The van der Waals surface area contributed by atoms with Gasteiger partial charge in [-0.3, -0.25) is 4.98 Å². The van der Waals surface area contributed by atoms with Crippen molar-refractivity contribution in [1.82, 2.24) is 4.98 Å². The first-order chi connectivity index (χ1) is 9.65. The molecule has 3 N–H and O–H groups in total. The number of nitrogens with zero attached hydrogens (tertiary/aromatic N) is 1. The molecule has 100 valence electrons.